The largest absolute Gasteiger partial charge is 0.363 e. The van der Waals surface area contributed by atoms with Crippen LogP contribution in [0.25, 0.3) is 0 Å². The molecule has 0 radical (unpaired) electrons. The number of nitrogens with one attached hydrogen (secondary N) is 2. The molecule has 0 bridgehead atoms. The van der Waals surface area contributed by atoms with Crippen LogP contribution in [-0.2, 0) is 0 Å². The molecule has 9 heteroatoms. The van der Waals surface area contributed by atoms with E-state index < -0.39 is 4.92 Å². The summed E-state index contributed by atoms with van der Waals surface area (Å²) in [6.07, 6.45) is 0. The van der Waals surface area contributed by atoms with Gasteiger partial charge < -0.3 is 10.7 Å². The molecule has 1 fully saturated rings. The second-order valence-corrected chi connectivity index (χ2v) is 6.47. The lowest BCUT2D eigenvalue weighted by atomic mass is 10.3. The summed E-state index contributed by atoms with van der Waals surface area (Å²) in [4.78, 5) is 14.6. The Labute approximate surface area is 119 Å². The van der Waals surface area contributed by atoms with Gasteiger partial charge in [-0.05, 0) is 6.07 Å². The Morgan fingerprint density at radius 1 is 1.53 bits per heavy atom. The molecule has 2 heterocycles. The molecule has 1 atom stereocenters. The maximum atomic E-state index is 10.9. The Balaban J connectivity index is 2.06. The molecule has 104 valence electrons. The fourth-order valence-electron chi connectivity index (χ4n) is 1.67. The Kier molecular flexibility index (Phi) is 5.11. The van der Waals surface area contributed by atoms with E-state index in [-0.39, 0.29) is 11.5 Å². The first-order chi connectivity index (χ1) is 9.20. The molecule has 0 aromatic carbocycles. The zero-order valence-electron chi connectivity index (χ0n) is 10.2. The van der Waals surface area contributed by atoms with Crippen molar-refractivity contribution in [1.82, 2.24) is 4.98 Å². The average molecular weight is 301 g/mol. The van der Waals surface area contributed by atoms with Crippen molar-refractivity contribution < 1.29 is 4.92 Å². The molecule has 0 saturated carbocycles. The number of nitro groups is 1. The van der Waals surface area contributed by atoms with Crippen molar-refractivity contribution in [2.45, 2.75) is 5.25 Å². The monoisotopic (exact) mass is 301 g/mol. The number of pyridine rings is 1. The van der Waals surface area contributed by atoms with Crippen molar-refractivity contribution in [3.63, 3.8) is 0 Å². The molecule has 19 heavy (non-hydrogen) atoms. The van der Waals surface area contributed by atoms with Crippen molar-refractivity contribution in [2.75, 3.05) is 34.5 Å². The number of thioether (sulfide) groups is 2. The van der Waals surface area contributed by atoms with Crippen LogP contribution in [0.1, 0.15) is 0 Å². The topological polar surface area (TPSA) is 106 Å². The zero-order valence-corrected chi connectivity index (χ0v) is 11.8. The third kappa shape index (κ3) is 3.88. The third-order valence-corrected chi connectivity index (χ3v) is 5.45. The number of rotatable bonds is 5. The van der Waals surface area contributed by atoms with Crippen LogP contribution in [0.3, 0.4) is 0 Å². The molecular weight excluding hydrogens is 286 g/mol. The van der Waals surface area contributed by atoms with Crippen LogP contribution in [0, 0.1) is 10.1 Å². The van der Waals surface area contributed by atoms with Crippen LogP contribution in [0.4, 0.5) is 17.3 Å². The van der Waals surface area contributed by atoms with Gasteiger partial charge in [-0.2, -0.15) is 23.5 Å². The van der Waals surface area contributed by atoms with E-state index in [1.165, 1.54) is 17.9 Å². The van der Waals surface area contributed by atoms with Crippen molar-refractivity contribution in [1.29, 1.82) is 0 Å². The molecule has 7 nitrogen and oxygen atoms in total. The Morgan fingerprint density at radius 2 is 2.37 bits per heavy atom. The van der Waals surface area contributed by atoms with Gasteiger partial charge in [-0.3, -0.25) is 10.1 Å². The van der Waals surface area contributed by atoms with Crippen molar-refractivity contribution in [3.05, 3.63) is 22.2 Å². The minimum absolute atomic E-state index is 0.0348. The first kappa shape index (κ1) is 14.2. The summed E-state index contributed by atoms with van der Waals surface area (Å²) < 4.78 is 0. The van der Waals surface area contributed by atoms with Gasteiger partial charge in [0.05, 0.1) is 4.92 Å². The Morgan fingerprint density at radius 3 is 3.00 bits per heavy atom. The van der Waals surface area contributed by atoms with Crippen LogP contribution in [-0.4, -0.2) is 39.0 Å². The average Bonchev–Trinajstić information content (AvgIpc) is 2.45. The molecular formula is C10H15N5O2S2. The predicted octanol–water partition coefficient (Wildman–Crippen LogP) is 1.54. The molecule has 1 unspecified atom stereocenters. The van der Waals surface area contributed by atoms with E-state index in [2.05, 4.69) is 15.7 Å². The van der Waals surface area contributed by atoms with E-state index in [1.807, 2.05) is 23.5 Å². The normalized spacial score (nSPS) is 18.9. The predicted molar refractivity (Wildman–Crippen MR) is 80.8 cm³/mol. The van der Waals surface area contributed by atoms with Crippen molar-refractivity contribution in [2.24, 2.45) is 5.84 Å². The van der Waals surface area contributed by atoms with Gasteiger partial charge in [0.25, 0.3) is 0 Å². The van der Waals surface area contributed by atoms with Gasteiger partial charge in [0.15, 0.2) is 0 Å². The van der Waals surface area contributed by atoms with Crippen molar-refractivity contribution in [3.8, 4) is 0 Å². The van der Waals surface area contributed by atoms with E-state index in [9.17, 15) is 10.1 Å². The van der Waals surface area contributed by atoms with E-state index in [0.717, 1.165) is 11.5 Å². The molecule has 1 aliphatic rings. The highest BCUT2D eigenvalue weighted by Gasteiger charge is 2.19. The number of nitrogens with two attached hydrogens (primary N) is 1. The van der Waals surface area contributed by atoms with Crippen LogP contribution in [0.2, 0.25) is 0 Å². The standard InChI is InChI=1S/C10H15N5O2S2/c11-14-9-2-1-8(15(16)17)10(13-9)12-5-7-6-18-3-4-19-7/h1-2,7H,3-6,11H2,(H2,12,13,14). The van der Waals surface area contributed by atoms with Gasteiger partial charge in [-0.1, -0.05) is 0 Å². The minimum Gasteiger partial charge on any atom is -0.363 e. The Bertz CT molecular complexity index is 454. The van der Waals surface area contributed by atoms with Gasteiger partial charge in [0.1, 0.15) is 5.82 Å². The number of aromatic nitrogens is 1. The second-order valence-electron chi connectivity index (χ2n) is 3.91. The number of anilines is 2. The minimum atomic E-state index is -0.446. The van der Waals surface area contributed by atoms with Gasteiger partial charge in [0, 0.05) is 35.1 Å². The summed E-state index contributed by atoms with van der Waals surface area (Å²) >= 11 is 3.79. The lowest BCUT2D eigenvalue weighted by Gasteiger charge is -2.21. The molecule has 1 saturated heterocycles. The summed E-state index contributed by atoms with van der Waals surface area (Å²) in [5, 5.41) is 14.4. The lowest BCUT2D eigenvalue weighted by Crippen LogP contribution is -2.24. The molecule has 1 aliphatic heterocycles. The first-order valence-electron chi connectivity index (χ1n) is 5.76. The van der Waals surface area contributed by atoms with Gasteiger partial charge in [-0.25, -0.2) is 10.8 Å². The van der Waals surface area contributed by atoms with Gasteiger partial charge >= 0.3 is 5.69 Å². The zero-order chi connectivity index (χ0) is 13.7. The maximum Gasteiger partial charge on any atom is 0.311 e. The van der Waals surface area contributed by atoms with Gasteiger partial charge in [0.2, 0.25) is 5.82 Å². The number of nitrogen functional groups attached to an aromatic ring is 1. The van der Waals surface area contributed by atoms with Gasteiger partial charge in [-0.15, -0.1) is 0 Å². The van der Waals surface area contributed by atoms with E-state index in [4.69, 9.17) is 5.84 Å². The molecule has 2 rings (SSSR count). The molecule has 1 aromatic heterocycles. The first-order valence-corrected chi connectivity index (χ1v) is 7.96. The number of hydrogen-bond acceptors (Lipinski definition) is 8. The molecule has 1 aromatic rings. The number of nitrogens with zero attached hydrogens (tertiary/aromatic N) is 2. The summed E-state index contributed by atoms with van der Waals surface area (Å²) in [6.45, 7) is 0.666. The van der Waals surface area contributed by atoms with Crippen LogP contribution in [0.5, 0.6) is 0 Å². The quantitative estimate of drug-likeness (QED) is 0.427. The highest BCUT2D eigenvalue weighted by atomic mass is 32.2. The highest BCUT2D eigenvalue weighted by molar-refractivity contribution is 8.06. The fraction of sp³-hybridized carbons (Fsp3) is 0.500. The van der Waals surface area contributed by atoms with Crippen LogP contribution < -0.4 is 16.6 Å². The Hall–Kier alpha value is -1.19. The van der Waals surface area contributed by atoms with Crippen LogP contribution >= 0.6 is 23.5 Å². The number of hydrogen-bond donors (Lipinski definition) is 3. The van der Waals surface area contributed by atoms with E-state index >= 15 is 0 Å². The molecule has 0 aliphatic carbocycles. The van der Waals surface area contributed by atoms with E-state index in [1.54, 1.807) is 0 Å². The van der Waals surface area contributed by atoms with Crippen molar-refractivity contribution >= 4 is 40.8 Å². The smallest absolute Gasteiger partial charge is 0.311 e. The lowest BCUT2D eigenvalue weighted by molar-refractivity contribution is -0.384. The summed E-state index contributed by atoms with van der Waals surface area (Å²) in [6, 6.07) is 2.88. The maximum absolute atomic E-state index is 10.9. The highest BCUT2D eigenvalue weighted by Crippen LogP contribution is 2.27. The van der Waals surface area contributed by atoms with Crippen LogP contribution in [0.15, 0.2) is 12.1 Å². The van der Waals surface area contributed by atoms with E-state index in [0.29, 0.717) is 17.6 Å². The fourth-order valence-corrected chi connectivity index (χ4v) is 4.29. The summed E-state index contributed by atoms with van der Waals surface area (Å²) in [7, 11) is 0. The molecule has 0 amide bonds. The second kappa shape index (κ2) is 6.83. The molecule has 0 spiro atoms. The summed E-state index contributed by atoms with van der Waals surface area (Å²) in [5.41, 5.74) is 2.35. The molecule has 4 N–H and O–H groups in total. The third-order valence-electron chi connectivity index (χ3n) is 2.60. The summed E-state index contributed by atoms with van der Waals surface area (Å²) in [5.74, 6) is 9.28. The number of hydrazine groups is 1. The SMILES string of the molecule is NNc1ccc([N+](=O)[O-])c(NCC2CSCCS2)n1.